The molecule has 0 heterocycles. The van der Waals surface area contributed by atoms with Crippen molar-refractivity contribution < 1.29 is 9.90 Å². The first kappa shape index (κ1) is 13.7. The van der Waals surface area contributed by atoms with Gasteiger partial charge in [-0.2, -0.15) is 0 Å². The number of aliphatic hydroxyl groups is 1. The SMILES string of the molecule is CCC(=O)NCC(O)c1ccc(C(C)C)cc1. The molecule has 1 aromatic rings. The van der Waals surface area contributed by atoms with E-state index in [-0.39, 0.29) is 12.5 Å². The zero-order chi connectivity index (χ0) is 12.8. The van der Waals surface area contributed by atoms with Gasteiger partial charge in [0.1, 0.15) is 0 Å². The van der Waals surface area contributed by atoms with Crippen LogP contribution < -0.4 is 5.32 Å². The Hall–Kier alpha value is -1.35. The normalized spacial score (nSPS) is 12.5. The van der Waals surface area contributed by atoms with Gasteiger partial charge in [-0.05, 0) is 17.0 Å². The van der Waals surface area contributed by atoms with Crippen molar-refractivity contribution in [2.45, 2.75) is 39.2 Å². The third-order valence-electron chi connectivity index (χ3n) is 2.80. The summed E-state index contributed by atoms with van der Waals surface area (Å²) in [7, 11) is 0. The lowest BCUT2D eigenvalue weighted by Gasteiger charge is -2.13. The Balaban J connectivity index is 2.57. The minimum atomic E-state index is -0.633. The maximum atomic E-state index is 11.1. The van der Waals surface area contributed by atoms with Gasteiger partial charge in [-0.15, -0.1) is 0 Å². The van der Waals surface area contributed by atoms with Crippen LogP contribution in [-0.2, 0) is 4.79 Å². The zero-order valence-corrected chi connectivity index (χ0v) is 10.7. The minimum Gasteiger partial charge on any atom is -0.387 e. The summed E-state index contributed by atoms with van der Waals surface area (Å²) in [6.45, 7) is 6.33. The molecule has 1 unspecified atom stereocenters. The molecule has 1 rings (SSSR count). The first-order valence-electron chi connectivity index (χ1n) is 6.09. The molecule has 0 aliphatic carbocycles. The van der Waals surface area contributed by atoms with Crippen LogP contribution in [0.4, 0.5) is 0 Å². The van der Waals surface area contributed by atoms with Crippen molar-refractivity contribution >= 4 is 5.91 Å². The number of hydrogen-bond acceptors (Lipinski definition) is 2. The number of rotatable bonds is 5. The number of amides is 1. The molecule has 1 aromatic carbocycles. The molecule has 0 radical (unpaired) electrons. The van der Waals surface area contributed by atoms with Crippen molar-refractivity contribution in [3.63, 3.8) is 0 Å². The molecule has 1 amide bonds. The van der Waals surface area contributed by atoms with Crippen LogP contribution in [0.1, 0.15) is 50.3 Å². The maximum absolute atomic E-state index is 11.1. The summed E-state index contributed by atoms with van der Waals surface area (Å²) in [4.78, 5) is 11.1. The molecule has 3 nitrogen and oxygen atoms in total. The Labute approximate surface area is 103 Å². The van der Waals surface area contributed by atoms with E-state index < -0.39 is 6.10 Å². The fourth-order valence-electron chi connectivity index (χ4n) is 1.56. The average Bonchev–Trinajstić information content (AvgIpc) is 2.35. The molecule has 0 saturated carbocycles. The van der Waals surface area contributed by atoms with E-state index >= 15 is 0 Å². The Kier molecular flexibility index (Phi) is 5.16. The van der Waals surface area contributed by atoms with Crippen molar-refractivity contribution in [1.82, 2.24) is 5.32 Å². The molecular weight excluding hydrogens is 214 g/mol. The van der Waals surface area contributed by atoms with Crippen LogP contribution in [0.3, 0.4) is 0 Å². The lowest BCUT2D eigenvalue weighted by molar-refractivity contribution is -0.121. The fraction of sp³-hybridized carbons (Fsp3) is 0.500. The topological polar surface area (TPSA) is 49.3 Å². The summed E-state index contributed by atoms with van der Waals surface area (Å²) in [5.74, 6) is 0.448. The number of nitrogens with one attached hydrogen (secondary N) is 1. The summed E-state index contributed by atoms with van der Waals surface area (Å²) in [6, 6.07) is 7.87. The number of aliphatic hydroxyl groups excluding tert-OH is 1. The summed E-state index contributed by atoms with van der Waals surface area (Å²) in [5, 5.41) is 12.6. The lowest BCUT2D eigenvalue weighted by Crippen LogP contribution is -2.27. The summed E-state index contributed by atoms with van der Waals surface area (Å²) < 4.78 is 0. The van der Waals surface area contributed by atoms with Gasteiger partial charge in [0.2, 0.25) is 5.91 Å². The number of carbonyl (C=O) groups is 1. The highest BCUT2D eigenvalue weighted by Gasteiger charge is 2.09. The van der Waals surface area contributed by atoms with Gasteiger partial charge in [-0.25, -0.2) is 0 Å². The third-order valence-corrected chi connectivity index (χ3v) is 2.80. The molecule has 0 aromatic heterocycles. The van der Waals surface area contributed by atoms with E-state index in [0.717, 1.165) is 5.56 Å². The van der Waals surface area contributed by atoms with Crippen LogP contribution in [0.15, 0.2) is 24.3 Å². The van der Waals surface area contributed by atoms with Crippen molar-refractivity contribution in [1.29, 1.82) is 0 Å². The molecule has 3 heteroatoms. The number of carbonyl (C=O) groups excluding carboxylic acids is 1. The first-order valence-corrected chi connectivity index (χ1v) is 6.09. The quantitative estimate of drug-likeness (QED) is 0.823. The van der Waals surface area contributed by atoms with Crippen molar-refractivity contribution in [3.05, 3.63) is 35.4 Å². The van der Waals surface area contributed by atoms with Gasteiger partial charge < -0.3 is 10.4 Å². The Morgan fingerprint density at radius 3 is 2.24 bits per heavy atom. The second-order valence-electron chi connectivity index (χ2n) is 4.49. The molecule has 0 saturated heterocycles. The van der Waals surface area contributed by atoms with Gasteiger partial charge >= 0.3 is 0 Å². The highest BCUT2D eigenvalue weighted by atomic mass is 16.3. The third kappa shape index (κ3) is 4.19. The van der Waals surface area contributed by atoms with Crippen molar-refractivity contribution in [3.8, 4) is 0 Å². The van der Waals surface area contributed by atoms with Crippen LogP contribution in [0.2, 0.25) is 0 Å². The second kappa shape index (κ2) is 6.40. The molecule has 0 spiro atoms. The average molecular weight is 235 g/mol. The van der Waals surface area contributed by atoms with Crippen molar-refractivity contribution in [2.24, 2.45) is 0 Å². The van der Waals surface area contributed by atoms with Crippen LogP contribution in [0.25, 0.3) is 0 Å². The van der Waals surface area contributed by atoms with Crippen molar-refractivity contribution in [2.75, 3.05) is 6.54 Å². The predicted molar refractivity (Wildman–Crippen MR) is 68.8 cm³/mol. The summed E-state index contributed by atoms with van der Waals surface area (Å²) >= 11 is 0. The minimum absolute atomic E-state index is 0.0390. The van der Waals surface area contributed by atoms with E-state index in [1.54, 1.807) is 6.92 Å². The molecule has 94 valence electrons. The molecule has 0 bridgehead atoms. The molecular formula is C14H21NO2. The highest BCUT2D eigenvalue weighted by Crippen LogP contribution is 2.18. The van der Waals surface area contributed by atoms with E-state index in [0.29, 0.717) is 12.3 Å². The van der Waals surface area contributed by atoms with Crippen LogP contribution in [0.5, 0.6) is 0 Å². The van der Waals surface area contributed by atoms with E-state index in [9.17, 15) is 9.90 Å². The van der Waals surface area contributed by atoms with Gasteiger partial charge in [0.05, 0.1) is 6.10 Å². The van der Waals surface area contributed by atoms with Gasteiger partial charge in [-0.1, -0.05) is 45.0 Å². The molecule has 1 atom stereocenters. The Morgan fingerprint density at radius 2 is 1.76 bits per heavy atom. The van der Waals surface area contributed by atoms with E-state index in [1.807, 2.05) is 24.3 Å². The van der Waals surface area contributed by atoms with Gasteiger partial charge in [-0.3, -0.25) is 4.79 Å². The largest absolute Gasteiger partial charge is 0.387 e. The molecule has 0 aliphatic heterocycles. The van der Waals surface area contributed by atoms with Gasteiger partial charge in [0, 0.05) is 13.0 Å². The van der Waals surface area contributed by atoms with Crippen LogP contribution in [0, 0.1) is 0 Å². The molecule has 0 aliphatic rings. The van der Waals surface area contributed by atoms with Crippen LogP contribution in [-0.4, -0.2) is 17.6 Å². The molecule has 17 heavy (non-hydrogen) atoms. The smallest absolute Gasteiger partial charge is 0.219 e. The summed E-state index contributed by atoms with van der Waals surface area (Å²) in [5.41, 5.74) is 2.09. The summed E-state index contributed by atoms with van der Waals surface area (Å²) in [6.07, 6.45) is -0.189. The van der Waals surface area contributed by atoms with E-state index in [4.69, 9.17) is 0 Å². The Bertz CT molecular complexity index is 357. The van der Waals surface area contributed by atoms with Crippen LogP contribution >= 0.6 is 0 Å². The monoisotopic (exact) mass is 235 g/mol. The maximum Gasteiger partial charge on any atom is 0.219 e. The Morgan fingerprint density at radius 1 is 1.24 bits per heavy atom. The first-order chi connectivity index (χ1) is 8.04. The standard InChI is InChI=1S/C14H21NO2/c1-4-14(17)15-9-13(16)12-7-5-11(6-8-12)10(2)3/h5-8,10,13,16H,4,9H2,1-3H3,(H,15,17). The zero-order valence-electron chi connectivity index (χ0n) is 10.7. The lowest BCUT2D eigenvalue weighted by atomic mass is 10.00. The second-order valence-corrected chi connectivity index (χ2v) is 4.49. The van der Waals surface area contributed by atoms with Gasteiger partial charge in [0.25, 0.3) is 0 Å². The highest BCUT2D eigenvalue weighted by molar-refractivity contribution is 5.75. The number of hydrogen-bond donors (Lipinski definition) is 2. The molecule has 0 fully saturated rings. The number of benzene rings is 1. The van der Waals surface area contributed by atoms with Gasteiger partial charge in [0.15, 0.2) is 0 Å². The fourth-order valence-corrected chi connectivity index (χ4v) is 1.56. The predicted octanol–water partition coefficient (Wildman–Crippen LogP) is 2.37. The molecule has 2 N–H and O–H groups in total. The van der Waals surface area contributed by atoms with E-state index in [1.165, 1.54) is 5.56 Å². The van der Waals surface area contributed by atoms with E-state index in [2.05, 4.69) is 19.2 Å².